The summed E-state index contributed by atoms with van der Waals surface area (Å²) in [7, 11) is -3.74. The third-order valence-electron chi connectivity index (χ3n) is 2.86. The van der Waals surface area contributed by atoms with Crippen LogP contribution in [0.25, 0.3) is 0 Å². The van der Waals surface area contributed by atoms with E-state index in [1.54, 1.807) is 26.0 Å². The maximum Gasteiger partial charge on any atom is 0.241 e. The van der Waals surface area contributed by atoms with Crippen molar-refractivity contribution in [3.63, 3.8) is 0 Å². The van der Waals surface area contributed by atoms with Gasteiger partial charge in [-0.25, -0.2) is 8.42 Å². The monoisotopic (exact) mass is 349 g/mol. The highest BCUT2D eigenvalue weighted by Gasteiger charge is 2.33. The average molecular weight is 350 g/mol. The molecule has 0 amide bonds. The number of benzene rings is 1. The number of halogens is 1. The van der Waals surface area contributed by atoms with E-state index in [2.05, 4.69) is 25.8 Å². The van der Waals surface area contributed by atoms with Crippen LogP contribution in [-0.2, 0) is 10.0 Å². The van der Waals surface area contributed by atoms with Gasteiger partial charge in [0.2, 0.25) is 10.0 Å². The third-order valence-corrected chi connectivity index (χ3v) is 5.00. The molecule has 0 spiro atoms. The van der Waals surface area contributed by atoms with Crippen LogP contribution in [-0.4, -0.2) is 25.0 Å². The second-order valence-electron chi connectivity index (χ2n) is 4.23. The number of nitrogens with two attached hydrogens (primary N) is 1. The molecule has 1 atom stereocenters. The molecule has 6 nitrogen and oxygen atoms in total. The van der Waals surface area contributed by atoms with Gasteiger partial charge in [0.1, 0.15) is 0 Å². The molecule has 0 aliphatic rings. The Morgan fingerprint density at radius 2 is 2.00 bits per heavy atom. The van der Waals surface area contributed by atoms with Crippen molar-refractivity contribution < 1.29 is 13.6 Å². The SMILES string of the molecule is CCC(C)(NS(=O)(=O)c1ccc(Br)cc1)/C(N)=N/O. The number of amidine groups is 1. The average Bonchev–Trinajstić information content (AvgIpc) is 2.37. The molecule has 8 heteroatoms. The molecule has 0 bridgehead atoms. The molecule has 0 saturated carbocycles. The van der Waals surface area contributed by atoms with Crippen LogP contribution in [0.3, 0.4) is 0 Å². The van der Waals surface area contributed by atoms with Crippen molar-refractivity contribution in [1.82, 2.24) is 4.72 Å². The number of hydrogen-bond acceptors (Lipinski definition) is 4. The Bertz CT molecular complexity index is 571. The van der Waals surface area contributed by atoms with Crippen molar-refractivity contribution in [1.29, 1.82) is 0 Å². The smallest absolute Gasteiger partial charge is 0.241 e. The Balaban J connectivity index is 3.12. The zero-order valence-corrected chi connectivity index (χ0v) is 13.0. The molecule has 0 saturated heterocycles. The lowest BCUT2D eigenvalue weighted by Gasteiger charge is -2.27. The number of sulfonamides is 1. The fraction of sp³-hybridized carbons (Fsp3) is 0.364. The van der Waals surface area contributed by atoms with E-state index in [1.807, 2.05) is 0 Å². The highest BCUT2D eigenvalue weighted by Crippen LogP contribution is 2.18. The lowest BCUT2D eigenvalue weighted by molar-refractivity contribution is 0.310. The lowest BCUT2D eigenvalue weighted by atomic mass is 10.00. The first-order valence-corrected chi connectivity index (χ1v) is 7.80. The Kier molecular flexibility index (Phi) is 4.94. The highest BCUT2D eigenvalue weighted by atomic mass is 79.9. The molecular weight excluding hydrogens is 334 g/mol. The van der Waals surface area contributed by atoms with Crippen LogP contribution < -0.4 is 10.5 Å². The Morgan fingerprint density at radius 1 is 1.47 bits per heavy atom. The first-order chi connectivity index (χ1) is 8.75. The van der Waals surface area contributed by atoms with Gasteiger partial charge in [0, 0.05) is 4.47 Å². The molecule has 4 N–H and O–H groups in total. The van der Waals surface area contributed by atoms with Gasteiger partial charge in [-0.3, -0.25) is 0 Å². The van der Waals surface area contributed by atoms with Gasteiger partial charge in [-0.15, -0.1) is 0 Å². The van der Waals surface area contributed by atoms with E-state index in [0.717, 1.165) is 4.47 Å². The van der Waals surface area contributed by atoms with Crippen molar-refractivity contribution in [2.75, 3.05) is 0 Å². The standard InChI is InChI=1S/C11H16BrN3O3S/c1-3-11(2,10(13)14-16)15-19(17,18)9-6-4-8(12)5-7-9/h4-7,15-16H,3H2,1-2H3,(H2,13,14). The maximum atomic E-state index is 12.2. The number of hydrogen-bond donors (Lipinski definition) is 3. The quantitative estimate of drug-likeness (QED) is 0.325. The minimum atomic E-state index is -3.74. The minimum Gasteiger partial charge on any atom is -0.409 e. The molecule has 0 fully saturated rings. The maximum absolute atomic E-state index is 12.2. The molecule has 0 heterocycles. The van der Waals surface area contributed by atoms with Gasteiger partial charge in [0.05, 0.1) is 10.4 Å². The normalized spacial score (nSPS) is 16.1. The number of oxime groups is 1. The number of rotatable bonds is 5. The second-order valence-corrected chi connectivity index (χ2v) is 6.83. The molecule has 1 aromatic rings. The third kappa shape index (κ3) is 3.68. The summed E-state index contributed by atoms with van der Waals surface area (Å²) in [6, 6.07) is 6.19. The van der Waals surface area contributed by atoms with Gasteiger partial charge in [-0.2, -0.15) is 4.72 Å². The van der Waals surface area contributed by atoms with E-state index in [4.69, 9.17) is 10.9 Å². The summed E-state index contributed by atoms with van der Waals surface area (Å²) in [5, 5.41) is 11.6. The van der Waals surface area contributed by atoms with Crippen LogP contribution in [0.2, 0.25) is 0 Å². The Labute approximate surface area is 120 Å². The van der Waals surface area contributed by atoms with Gasteiger partial charge in [0.15, 0.2) is 5.84 Å². The van der Waals surface area contributed by atoms with E-state index >= 15 is 0 Å². The lowest BCUT2D eigenvalue weighted by Crippen LogP contribution is -2.54. The van der Waals surface area contributed by atoms with E-state index in [-0.39, 0.29) is 10.7 Å². The second kappa shape index (κ2) is 5.89. The summed E-state index contributed by atoms with van der Waals surface area (Å²) >= 11 is 3.23. The zero-order valence-electron chi connectivity index (χ0n) is 10.6. The van der Waals surface area contributed by atoms with E-state index < -0.39 is 15.6 Å². The van der Waals surface area contributed by atoms with Crippen LogP contribution in [0.15, 0.2) is 38.8 Å². The minimum absolute atomic E-state index is 0.112. The Hall–Kier alpha value is -1.12. The van der Waals surface area contributed by atoms with Crippen LogP contribution in [0.4, 0.5) is 0 Å². The van der Waals surface area contributed by atoms with Crippen LogP contribution in [0.1, 0.15) is 20.3 Å². The summed E-state index contributed by atoms with van der Waals surface area (Å²) in [6.07, 6.45) is 0.346. The molecule has 0 aromatic heterocycles. The fourth-order valence-electron chi connectivity index (χ4n) is 1.39. The van der Waals surface area contributed by atoms with Crippen LogP contribution in [0.5, 0.6) is 0 Å². The van der Waals surface area contributed by atoms with Crippen molar-refractivity contribution in [3.8, 4) is 0 Å². The van der Waals surface area contributed by atoms with Gasteiger partial charge >= 0.3 is 0 Å². The predicted molar refractivity (Wildman–Crippen MR) is 76.6 cm³/mol. The zero-order chi connectivity index (χ0) is 14.7. The van der Waals surface area contributed by atoms with Gasteiger partial charge in [0.25, 0.3) is 0 Å². The van der Waals surface area contributed by atoms with Crippen molar-refractivity contribution in [2.45, 2.75) is 30.7 Å². The molecule has 1 aromatic carbocycles. The molecule has 19 heavy (non-hydrogen) atoms. The van der Waals surface area contributed by atoms with Crippen LogP contribution in [0, 0.1) is 0 Å². The summed E-state index contributed by atoms with van der Waals surface area (Å²) in [4.78, 5) is 0.112. The molecule has 0 aliphatic heterocycles. The number of nitrogens with one attached hydrogen (secondary N) is 1. The van der Waals surface area contributed by atoms with Crippen molar-refractivity contribution in [2.24, 2.45) is 10.9 Å². The van der Waals surface area contributed by atoms with E-state index in [9.17, 15) is 8.42 Å². The van der Waals surface area contributed by atoms with Crippen LogP contribution >= 0.6 is 15.9 Å². The fourth-order valence-corrected chi connectivity index (χ4v) is 3.10. The van der Waals surface area contributed by atoms with Crippen molar-refractivity contribution >= 4 is 31.8 Å². The first-order valence-electron chi connectivity index (χ1n) is 5.52. The van der Waals surface area contributed by atoms with Gasteiger partial charge in [-0.1, -0.05) is 28.0 Å². The molecule has 1 rings (SSSR count). The molecule has 0 aliphatic carbocycles. The molecule has 1 unspecified atom stereocenters. The summed E-state index contributed by atoms with van der Waals surface area (Å²) in [5.41, 5.74) is 4.40. The summed E-state index contributed by atoms with van der Waals surface area (Å²) < 4.78 is 27.7. The largest absolute Gasteiger partial charge is 0.409 e. The summed E-state index contributed by atoms with van der Waals surface area (Å²) in [5.74, 6) is -0.185. The Morgan fingerprint density at radius 3 is 2.42 bits per heavy atom. The molecular formula is C11H16BrN3O3S. The van der Waals surface area contributed by atoms with E-state index in [0.29, 0.717) is 6.42 Å². The van der Waals surface area contributed by atoms with Gasteiger partial charge in [-0.05, 0) is 37.6 Å². The highest BCUT2D eigenvalue weighted by molar-refractivity contribution is 9.10. The van der Waals surface area contributed by atoms with Gasteiger partial charge < -0.3 is 10.9 Å². The topological polar surface area (TPSA) is 105 Å². The molecule has 106 valence electrons. The van der Waals surface area contributed by atoms with Crippen molar-refractivity contribution in [3.05, 3.63) is 28.7 Å². The van der Waals surface area contributed by atoms with E-state index in [1.165, 1.54) is 12.1 Å². The number of nitrogens with zero attached hydrogens (tertiary/aromatic N) is 1. The predicted octanol–water partition coefficient (Wildman–Crippen LogP) is 1.64. The molecule has 0 radical (unpaired) electrons. The summed E-state index contributed by atoms with van der Waals surface area (Å²) in [6.45, 7) is 3.29. The first kappa shape index (κ1) is 15.9.